The van der Waals surface area contributed by atoms with Gasteiger partial charge >= 0.3 is 11.9 Å². The molecule has 0 rings (SSSR count). The van der Waals surface area contributed by atoms with Crippen LogP contribution in [0.2, 0.25) is 0 Å². The van der Waals surface area contributed by atoms with E-state index in [1.807, 2.05) is 0 Å². The summed E-state index contributed by atoms with van der Waals surface area (Å²) in [6.07, 6.45) is 8.75. The third kappa shape index (κ3) is 18.2. The molecule has 0 spiro atoms. The molecule has 0 aromatic heterocycles. The van der Waals surface area contributed by atoms with Crippen LogP contribution in [-0.2, 0) is 28.5 Å². The van der Waals surface area contributed by atoms with Gasteiger partial charge in [-0.15, -0.1) is 0 Å². The van der Waals surface area contributed by atoms with Gasteiger partial charge in [0.25, 0.3) is 0 Å². The van der Waals surface area contributed by atoms with Gasteiger partial charge in [-0.05, 0) is 37.5 Å². The van der Waals surface area contributed by atoms with Crippen molar-refractivity contribution in [1.82, 2.24) is 0 Å². The highest BCUT2D eigenvalue weighted by molar-refractivity contribution is 5.69. The van der Waals surface area contributed by atoms with E-state index < -0.39 is 0 Å². The standard InChI is InChI=1S/C22H42O6/c1-19(13-15-25-3)17-27-21(23)11-9-7-5-6-8-10-12-22(24)28-18-20(2)14-16-26-4/h19-20H,5-18H2,1-4H3. The number of hydrogen-bond donors (Lipinski definition) is 0. The Hall–Kier alpha value is -1.14. The van der Waals surface area contributed by atoms with E-state index in [4.69, 9.17) is 18.9 Å². The fraction of sp³-hybridized carbons (Fsp3) is 0.909. The van der Waals surface area contributed by atoms with E-state index in [-0.39, 0.29) is 11.9 Å². The van der Waals surface area contributed by atoms with Crippen molar-refractivity contribution in [2.24, 2.45) is 11.8 Å². The highest BCUT2D eigenvalue weighted by atomic mass is 16.5. The van der Waals surface area contributed by atoms with E-state index in [2.05, 4.69) is 13.8 Å². The van der Waals surface area contributed by atoms with Crippen molar-refractivity contribution in [3.63, 3.8) is 0 Å². The molecule has 0 aromatic rings. The van der Waals surface area contributed by atoms with Gasteiger partial charge in [-0.1, -0.05) is 39.5 Å². The van der Waals surface area contributed by atoms with Crippen LogP contribution in [0.1, 0.15) is 78.1 Å². The van der Waals surface area contributed by atoms with E-state index >= 15 is 0 Å². The quantitative estimate of drug-likeness (QED) is 0.233. The van der Waals surface area contributed by atoms with Gasteiger partial charge in [-0.3, -0.25) is 9.59 Å². The van der Waals surface area contributed by atoms with Crippen molar-refractivity contribution >= 4 is 11.9 Å². The maximum absolute atomic E-state index is 11.7. The Kier molecular flexibility index (Phi) is 18.4. The Morgan fingerprint density at radius 3 is 1.36 bits per heavy atom. The minimum absolute atomic E-state index is 0.105. The molecular formula is C22H42O6. The van der Waals surface area contributed by atoms with Gasteiger partial charge in [0.1, 0.15) is 0 Å². The normalized spacial score (nSPS) is 13.1. The topological polar surface area (TPSA) is 71.1 Å². The lowest BCUT2D eigenvalue weighted by molar-refractivity contribution is -0.146. The van der Waals surface area contributed by atoms with Crippen LogP contribution in [0.25, 0.3) is 0 Å². The molecule has 166 valence electrons. The maximum atomic E-state index is 11.7. The number of carbonyl (C=O) groups is 2. The Morgan fingerprint density at radius 2 is 1.00 bits per heavy atom. The summed E-state index contributed by atoms with van der Waals surface area (Å²) in [5, 5.41) is 0. The molecule has 0 fully saturated rings. The summed E-state index contributed by atoms with van der Waals surface area (Å²) in [5.41, 5.74) is 0. The summed E-state index contributed by atoms with van der Waals surface area (Å²) in [6.45, 7) is 6.47. The van der Waals surface area contributed by atoms with Crippen molar-refractivity contribution in [2.75, 3.05) is 40.6 Å². The summed E-state index contributed by atoms with van der Waals surface area (Å²) < 4.78 is 20.6. The third-order valence-corrected chi connectivity index (χ3v) is 4.70. The van der Waals surface area contributed by atoms with Gasteiger partial charge in [0.05, 0.1) is 13.2 Å². The average molecular weight is 403 g/mol. The second-order valence-corrected chi connectivity index (χ2v) is 7.76. The highest BCUT2D eigenvalue weighted by Gasteiger charge is 2.08. The second-order valence-electron chi connectivity index (χ2n) is 7.76. The SMILES string of the molecule is COCCC(C)COC(=O)CCCCCCCCC(=O)OCC(C)CCOC. The smallest absolute Gasteiger partial charge is 0.305 e. The van der Waals surface area contributed by atoms with Crippen molar-refractivity contribution in [3.05, 3.63) is 0 Å². The zero-order chi connectivity index (χ0) is 21.0. The number of rotatable bonds is 19. The van der Waals surface area contributed by atoms with Crippen LogP contribution >= 0.6 is 0 Å². The number of ether oxygens (including phenoxy) is 4. The monoisotopic (exact) mass is 402 g/mol. The minimum Gasteiger partial charge on any atom is -0.465 e. The van der Waals surface area contributed by atoms with Crippen LogP contribution in [0.3, 0.4) is 0 Å². The summed E-state index contributed by atoms with van der Waals surface area (Å²) in [7, 11) is 3.35. The fourth-order valence-corrected chi connectivity index (χ4v) is 2.67. The number of unbranched alkanes of at least 4 members (excludes halogenated alkanes) is 5. The highest BCUT2D eigenvalue weighted by Crippen LogP contribution is 2.11. The van der Waals surface area contributed by atoms with Crippen LogP contribution < -0.4 is 0 Å². The van der Waals surface area contributed by atoms with E-state index in [1.54, 1.807) is 14.2 Å². The first-order valence-corrected chi connectivity index (χ1v) is 10.8. The molecule has 0 heterocycles. The summed E-state index contributed by atoms with van der Waals surface area (Å²) in [4.78, 5) is 23.4. The van der Waals surface area contributed by atoms with E-state index in [0.717, 1.165) is 51.4 Å². The zero-order valence-corrected chi connectivity index (χ0v) is 18.5. The van der Waals surface area contributed by atoms with E-state index in [1.165, 1.54) is 0 Å². The van der Waals surface area contributed by atoms with Gasteiger partial charge in [0, 0.05) is 40.3 Å². The van der Waals surface area contributed by atoms with Crippen LogP contribution in [-0.4, -0.2) is 52.6 Å². The molecule has 28 heavy (non-hydrogen) atoms. The average Bonchev–Trinajstić information content (AvgIpc) is 2.69. The molecule has 0 aromatic carbocycles. The van der Waals surface area contributed by atoms with Gasteiger partial charge in [-0.25, -0.2) is 0 Å². The summed E-state index contributed by atoms with van der Waals surface area (Å²) >= 11 is 0. The maximum Gasteiger partial charge on any atom is 0.305 e. The molecular weight excluding hydrogens is 360 g/mol. The van der Waals surface area contributed by atoms with Gasteiger partial charge in [0.2, 0.25) is 0 Å². The van der Waals surface area contributed by atoms with Crippen molar-refractivity contribution in [2.45, 2.75) is 78.1 Å². The molecule has 2 unspecified atom stereocenters. The number of carbonyl (C=O) groups excluding carboxylic acids is 2. The molecule has 6 heteroatoms. The van der Waals surface area contributed by atoms with E-state index in [9.17, 15) is 9.59 Å². The van der Waals surface area contributed by atoms with E-state index in [0.29, 0.717) is 51.1 Å². The third-order valence-electron chi connectivity index (χ3n) is 4.70. The van der Waals surface area contributed by atoms with Crippen LogP contribution in [0.15, 0.2) is 0 Å². The first-order chi connectivity index (χ1) is 13.5. The largest absolute Gasteiger partial charge is 0.465 e. The van der Waals surface area contributed by atoms with Crippen molar-refractivity contribution in [3.8, 4) is 0 Å². The Labute approximate surface area is 171 Å². The molecule has 0 N–H and O–H groups in total. The zero-order valence-electron chi connectivity index (χ0n) is 18.5. The summed E-state index contributed by atoms with van der Waals surface area (Å²) in [6, 6.07) is 0. The fourth-order valence-electron chi connectivity index (χ4n) is 2.67. The van der Waals surface area contributed by atoms with Crippen LogP contribution in [0.5, 0.6) is 0 Å². The van der Waals surface area contributed by atoms with Crippen LogP contribution in [0, 0.1) is 11.8 Å². The molecule has 0 aliphatic rings. The van der Waals surface area contributed by atoms with Gasteiger partial charge in [0.15, 0.2) is 0 Å². The lowest BCUT2D eigenvalue weighted by Gasteiger charge is -2.11. The first kappa shape index (κ1) is 26.9. The molecule has 0 aliphatic carbocycles. The minimum atomic E-state index is -0.105. The number of methoxy groups -OCH3 is 2. The van der Waals surface area contributed by atoms with Crippen molar-refractivity contribution in [1.29, 1.82) is 0 Å². The predicted octanol–water partition coefficient (Wildman–Crippen LogP) is 4.54. The van der Waals surface area contributed by atoms with Gasteiger partial charge < -0.3 is 18.9 Å². The molecule has 0 saturated carbocycles. The molecule has 0 radical (unpaired) electrons. The Morgan fingerprint density at radius 1 is 0.643 bits per heavy atom. The Bertz CT molecular complexity index is 349. The van der Waals surface area contributed by atoms with Crippen LogP contribution in [0.4, 0.5) is 0 Å². The molecule has 2 atom stereocenters. The number of hydrogen-bond acceptors (Lipinski definition) is 6. The molecule has 0 saturated heterocycles. The predicted molar refractivity (Wildman–Crippen MR) is 110 cm³/mol. The molecule has 0 aliphatic heterocycles. The van der Waals surface area contributed by atoms with Gasteiger partial charge in [-0.2, -0.15) is 0 Å². The lowest BCUT2D eigenvalue weighted by atomic mass is 10.1. The number of esters is 2. The molecule has 0 bridgehead atoms. The molecule has 0 amide bonds. The second kappa shape index (κ2) is 19.2. The van der Waals surface area contributed by atoms with Crippen molar-refractivity contribution < 1.29 is 28.5 Å². The lowest BCUT2D eigenvalue weighted by Crippen LogP contribution is -2.13. The molecule has 6 nitrogen and oxygen atoms in total. The summed E-state index contributed by atoms with van der Waals surface area (Å²) in [5.74, 6) is 0.465. The first-order valence-electron chi connectivity index (χ1n) is 10.8. The Balaban J connectivity index is 3.42.